The van der Waals surface area contributed by atoms with E-state index < -0.39 is 0 Å². The van der Waals surface area contributed by atoms with Crippen molar-refractivity contribution in [2.45, 2.75) is 19.5 Å². The van der Waals surface area contributed by atoms with Crippen LogP contribution in [0.15, 0.2) is 18.2 Å². The van der Waals surface area contributed by atoms with Crippen LogP contribution in [0.1, 0.15) is 12.5 Å². The Labute approximate surface area is 117 Å². The number of hydrogen-bond donors (Lipinski definition) is 2. The monoisotopic (exact) mass is 281 g/mol. The lowest BCUT2D eigenvalue weighted by Gasteiger charge is -2.34. The van der Waals surface area contributed by atoms with Crippen molar-refractivity contribution >= 4 is 11.6 Å². The molecule has 0 spiro atoms. The predicted octanol–water partition coefficient (Wildman–Crippen LogP) is 0.745. The van der Waals surface area contributed by atoms with Crippen LogP contribution in [0.5, 0.6) is 0 Å². The minimum atomic E-state index is -0.359. The molecular weight excluding hydrogens is 261 g/mol. The Morgan fingerprint density at radius 2 is 2.35 bits per heavy atom. The number of anilines is 1. The number of likely N-dealkylation sites (N-methyl/N-ethyl adjacent to an activating group) is 1. The zero-order valence-electron chi connectivity index (χ0n) is 11.6. The molecule has 2 rings (SSSR count). The lowest BCUT2D eigenvalue weighted by atomic mass is 10.1. The maximum atomic E-state index is 13.4. The lowest BCUT2D eigenvalue weighted by Crippen LogP contribution is -2.53. The average Bonchev–Trinajstić information content (AvgIpc) is 2.38. The average molecular weight is 281 g/mol. The Morgan fingerprint density at radius 1 is 1.55 bits per heavy atom. The number of morpholine rings is 1. The number of rotatable bonds is 4. The van der Waals surface area contributed by atoms with Gasteiger partial charge in [-0.05, 0) is 30.7 Å². The summed E-state index contributed by atoms with van der Waals surface area (Å²) in [5.41, 5.74) is 6.80. The summed E-state index contributed by atoms with van der Waals surface area (Å²) in [7, 11) is 0. The molecule has 0 radical (unpaired) electrons. The first kappa shape index (κ1) is 14.7. The molecule has 0 aliphatic carbocycles. The number of nitrogens with zero attached hydrogens (tertiary/aromatic N) is 1. The van der Waals surface area contributed by atoms with Gasteiger partial charge in [-0.3, -0.25) is 9.69 Å². The Morgan fingerprint density at radius 3 is 3.05 bits per heavy atom. The van der Waals surface area contributed by atoms with E-state index in [1.807, 2.05) is 11.8 Å². The molecule has 6 heteroatoms. The number of hydrogen-bond acceptors (Lipinski definition) is 4. The van der Waals surface area contributed by atoms with Gasteiger partial charge in [0.05, 0.1) is 13.2 Å². The fourth-order valence-corrected chi connectivity index (χ4v) is 2.36. The maximum absolute atomic E-state index is 13.4. The van der Waals surface area contributed by atoms with Crippen molar-refractivity contribution in [3.63, 3.8) is 0 Å². The van der Waals surface area contributed by atoms with Gasteiger partial charge in [0.1, 0.15) is 11.9 Å². The number of nitrogen functional groups attached to an aromatic ring is 1. The molecule has 110 valence electrons. The third kappa shape index (κ3) is 3.68. The molecular formula is C14H20FN3O2. The molecule has 1 fully saturated rings. The van der Waals surface area contributed by atoms with Crippen molar-refractivity contribution in [1.29, 1.82) is 0 Å². The summed E-state index contributed by atoms with van der Waals surface area (Å²) in [5, 5.41) is 2.79. The van der Waals surface area contributed by atoms with E-state index in [9.17, 15) is 9.18 Å². The van der Waals surface area contributed by atoms with Gasteiger partial charge in [0, 0.05) is 25.3 Å². The van der Waals surface area contributed by atoms with Crippen LogP contribution in [-0.2, 0) is 16.1 Å². The molecule has 1 saturated heterocycles. The summed E-state index contributed by atoms with van der Waals surface area (Å²) in [6, 6.07) is 4.12. The molecule has 5 nitrogen and oxygen atoms in total. The predicted molar refractivity (Wildman–Crippen MR) is 74.5 cm³/mol. The van der Waals surface area contributed by atoms with Crippen LogP contribution in [0.4, 0.5) is 10.1 Å². The highest BCUT2D eigenvalue weighted by atomic mass is 19.1. The minimum absolute atomic E-state index is 0.0587. The SMILES string of the molecule is CCNC(=O)C1COCCN1Cc1cc(N)cc(F)c1. The summed E-state index contributed by atoms with van der Waals surface area (Å²) in [4.78, 5) is 14.0. The van der Waals surface area contributed by atoms with Crippen LogP contribution in [-0.4, -0.2) is 43.2 Å². The molecule has 1 aliphatic heterocycles. The number of carbonyl (C=O) groups is 1. The minimum Gasteiger partial charge on any atom is -0.399 e. The Balaban J connectivity index is 2.10. The Bertz CT molecular complexity index is 461. The molecule has 1 aliphatic rings. The Hall–Kier alpha value is -1.66. The van der Waals surface area contributed by atoms with Gasteiger partial charge in [-0.15, -0.1) is 0 Å². The lowest BCUT2D eigenvalue weighted by molar-refractivity contribution is -0.132. The fourth-order valence-electron chi connectivity index (χ4n) is 2.36. The van der Waals surface area contributed by atoms with Crippen molar-refractivity contribution in [3.05, 3.63) is 29.6 Å². The van der Waals surface area contributed by atoms with Gasteiger partial charge in [0.2, 0.25) is 5.91 Å². The van der Waals surface area contributed by atoms with E-state index in [1.165, 1.54) is 12.1 Å². The van der Waals surface area contributed by atoms with Crippen LogP contribution in [0, 0.1) is 5.82 Å². The molecule has 1 heterocycles. The number of amides is 1. The summed E-state index contributed by atoms with van der Waals surface area (Å²) in [5.74, 6) is -0.417. The molecule has 0 saturated carbocycles. The van der Waals surface area contributed by atoms with Gasteiger partial charge in [0.25, 0.3) is 0 Å². The highest BCUT2D eigenvalue weighted by Crippen LogP contribution is 2.16. The maximum Gasteiger partial charge on any atom is 0.239 e. The van der Waals surface area contributed by atoms with E-state index in [2.05, 4.69) is 5.32 Å². The van der Waals surface area contributed by atoms with E-state index in [1.54, 1.807) is 6.07 Å². The molecule has 1 aromatic carbocycles. The van der Waals surface area contributed by atoms with E-state index in [0.29, 0.717) is 38.5 Å². The van der Waals surface area contributed by atoms with Crippen LogP contribution >= 0.6 is 0 Å². The van der Waals surface area contributed by atoms with E-state index in [0.717, 1.165) is 5.56 Å². The number of halogens is 1. The van der Waals surface area contributed by atoms with Gasteiger partial charge in [-0.2, -0.15) is 0 Å². The first-order chi connectivity index (χ1) is 9.60. The van der Waals surface area contributed by atoms with Crippen LogP contribution in [0.25, 0.3) is 0 Å². The smallest absolute Gasteiger partial charge is 0.239 e. The van der Waals surface area contributed by atoms with Gasteiger partial charge in [0.15, 0.2) is 0 Å². The van der Waals surface area contributed by atoms with Crippen LogP contribution in [0.2, 0.25) is 0 Å². The highest BCUT2D eigenvalue weighted by Gasteiger charge is 2.29. The van der Waals surface area contributed by atoms with Crippen molar-refractivity contribution in [2.75, 3.05) is 32.0 Å². The molecule has 1 aromatic rings. The van der Waals surface area contributed by atoms with Gasteiger partial charge < -0.3 is 15.8 Å². The van der Waals surface area contributed by atoms with E-state index >= 15 is 0 Å². The van der Waals surface area contributed by atoms with Crippen LogP contribution in [0.3, 0.4) is 0 Å². The molecule has 1 unspecified atom stereocenters. The van der Waals surface area contributed by atoms with Gasteiger partial charge in [-0.25, -0.2) is 4.39 Å². The second kappa shape index (κ2) is 6.67. The van der Waals surface area contributed by atoms with Crippen molar-refractivity contribution in [3.8, 4) is 0 Å². The quantitative estimate of drug-likeness (QED) is 0.799. The second-order valence-corrected chi connectivity index (χ2v) is 4.85. The number of nitrogens with one attached hydrogen (secondary N) is 1. The molecule has 0 aromatic heterocycles. The molecule has 20 heavy (non-hydrogen) atoms. The third-order valence-electron chi connectivity index (χ3n) is 3.26. The second-order valence-electron chi connectivity index (χ2n) is 4.85. The standard InChI is InChI=1S/C14H20FN3O2/c1-2-17-14(19)13-9-20-4-3-18(13)8-10-5-11(15)7-12(16)6-10/h5-7,13H,2-4,8-9,16H2,1H3,(H,17,19). The summed E-state index contributed by atoms with van der Waals surface area (Å²) in [6.07, 6.45) is 0. The third-order valence-corrected chi connectivity index (χ3v) is 3.26. The largest absolute Gasteiger partial charge is 0.399 e. The topological polar surface area (TPSA) is 67.6 Å². The number of carbonyl (C=O) groups excluding carboxylic acids is 1. The van der Waals surface area contributed by atoms with Crippen LogP contribution < -0.4 is 11.1 Å². The summed E-state index contributed by atoms with van der Waals surface area (Å²) in [6.45, 7) is 4.50. The fraction of sp³-hybridized carbons (Fsp3) is 0.500. The zero-order chi connectivity index (χ0) is 14.5. The van der Waals surface area contributed by atoms with Gasteiger partial charge >= 0.3 is 0 Å². The van der Waals surface area contributed by atoms with Gasteiger partial charge in [-0.1, -0.05) is 0 Å². The van der Waals surface area contributed by atoms with E-state index in [4.69, 9.17) is 10.5 Å². The molecule has 1 atom stereocenters. The number of nitrogens with two attached hydrogens (primary N) is 1. The Kier molecular flexibility index (Phi) is 4.92. The molecule has 3 N–H and O–H groups in total. The van der Waals surface area contributed by atoms with Crippen molar-refractivity contribution in [1.82, 2.24) is 10.2 Å². The number of ether oxygens (including phenoxy) is 1. The first-order valence-corrected chi connectivity index (χ1v) is 6.74. The summed E-state index contributed by atoms with van der Waals surface area (Å²) >= 11 is 0. The van der Waals surface area contributed by atoms with E-state index in [-0.39, 0.29) is 17.8 Å². The molecule has 0 bridgehead atoms. The normalized spacial score (nSPS) is 19.8. The number of benzene rings is 1. The first-order valence-electron chi connectivity index (χ1n) is 6.74. The zero-order valence-corrected chi connectivity index (χ0v) is 11.6. The summed E-state index contributed by atoms with van der Waals surface area (Å²) < 4.78 is 18.7. The highest BCUT2D eigenvalue weighted by molar-refractivity contribution is 5.81. The van der Waals surface area contributed by atoms with Crippen molar-refractivity contribution in [2.24, 2.45) is 0 Å². The molecule has 1 amide bonds. The van der Waals surface area contributed by atoms with Crippen molar-refractivity contribution < 1.29 is 13.9 Å².